The van der Waals surface area contributed by atoms with E-state index in [4.69, 9.17) is 27.9 Å². The van der Waals surface area contributed by atoms with Crippen LogP contribution in [0.15, 0.2) is 36.7 Å². The van der Waals surface area contributed by atoms with Gasteiger partial charge in [-0.25, -0.2) is 14.4 Å². The van der Waals surface area contributed by atoms with Gasteiger partial charge in [0.2, 0.25) is 5.88 Å². The lowest BCUT2D eigenvalue weighted by Gasteiger charge is -2.23. The maximum atomic E-state index is 14.3. The van der Waals surface area contributed by atoms with Gasteiger partial charge in [0.15, 0.2) is 11.6 Å². The summed E-state index contributed by atoms with van der Waals surface area (Å²) in [5.74, 6) is -0.0106. The minimum atomic E-state index is -0.710. The highest BCUT2D eigenvalue weighted by molar-refractivity contribution is 6.42. The fourth-order valence-corrected chi connectivity index (χ4v) is 3.52. The average Bonchev–Trinajstić information content (AvgIpc) is 2.69. The van der Waals surface area contributed by atoms with E-state index in [1.54, 1.807) is 0 Å². The van der Waals surface area contributed by atoms with Crippen molar-refractivity contribution in [3.63, 3.8) is 0 Å². The van der Waals surface area contributed by atoms with E-state index < -0.39 is 5.82 Å². The Balaban J connectivity index is 1.74. The monoisotopic (exact) mass is 391 g/mol. The fourth-order valence-electron chi connectivity index (χ4n) is 3.21. The zero-order chi connectivity index (χ0) is 18.1. The summed E-state index contributed by atoms with van der Waals surface area (Å²) < 4.78 is 20.0. The van der Waals surface area contributed by atoms with Gasteiger partial charge in [-0.15, -0.1) is 0 Å². The standard InChI is InChI=1S/C19H16Cl2FN3O/c20-14-4-6-16(18(22)17(14)21)26-19-13-8-11(12-2-1-7-23-9-12)3-5-15(13)24-10-25-19/h3-6,8,10,12,23H,1-2,7,9H2/t12-/m1/s1. The van der Waals surface area contributed by atoms with Gasteiger partial charge in [0.05, 0.1) is 20.9 Å². The molecule has 0 aliphatic carbocycles. The van der Waals surface area contributed by atoms with Crippen LogP contribution >= 0.6 is 23.2 Å². The maximum absolute atomic E-state index is 14.3. The van der Waals surface area contributed by atoms with Crippen LogP contribution < -0.4 is 10.1 Å². The molecule has 26 heavy (non-hydrogen) atoms. The van der Waals surface area contributed by atoms with Gasteiger partial charge < -0.3 is 10.1 Å². The highest BCUT2D eigenvalue weighted by Crippen LogP contribution is 2.36. The van der Waals surface area contributed by atoms with Crippen LogP contribution in [0, 0.1) is 5.82 Å². The Hall–Kier alpha value is -1.95. The highest BCUT2D eigenvalue weighted by Gasteiger charge is 2.18. The highest BCUT2D eigenvalue weighted by atomic mass is 35.5. The van der Waals surface area contributed by atoms with Crippen LogP contribution in [-0.4, -0.2) is 23.1 Å². The van der Waals surface area contributed by atoms with Crippen LogP contribution in [0.25, 0.3) is 10.9 Å². The lowest BCUT2D eigenvalue weighted by atomic mass is 9.91. The first-order chi connectivity index (χ1) is 12.6. The Morgan fingerprint density at radius 2 is 2.04 bits per heavy atom. The van der Waals surface area contributed by atoms with Crippen molar-refractivity contribution in [2.24, 2.45) is 0 Å². The summed E-state index contributed by atoms with van der Waals surface area (Å²) in [7, 11) is 0. The zero-order valence-electron chi connectivity index (χ0n) is 13.8. The van der Waals surface area contributed by atoms with Crippen molar-refractivity contribution in [1.29, 1.82) is 0 Å². The quantitative estimate of drug-likeness (QED) is 0.612. The molecule has 1 aliphatic heterocycles. The van der Waals surface area contributed by atoms with Crippen molar-refractivity contribution in [2.75, 3.05) is 13.1 Å². The number of piperidine rings is 1. The lowest BCUT2D eigenvalue weighted by Crippen LogP contribution is -2.28. The molecule has 2 heterocycles. The molecule has 1 atom stereocenters. The molecule has 0 amide bonds. The lowest BCUT2D eigenvalue weighted by molar-refractivity contribution is 0.431. The van der Waals surface area contributed by atoms with Gasteiger partial charge in [0.25, 0.3) is 0 Å². The minimum absolute atomic E-state index is 0.0239. The van der Waals surface area contributed by atoms with Gasteiger partial charge in [0.1, 0.15) is 6.33 Å². The van der Waals surface area contributed by atoms with E-state index in [9.17, 15) is 4.39 Å². The van der Waals surface area contributed by atoms with Gasteiger partial charge in [-0.3, -0.25) is 0 Å². The predicted molar refractivity (Wildman–Crippen MR) is 101 cm³/mol. The van der Waals surface area contributed by atoms with E-state index in [2.05, 4.69) is 21.4 Å². The van der Waals surface area contributed by atoms with Crippen molar-refractivity contribution in [3.05, 3.63) is 58.1 Å². The second kappa shape index (κ2) is 7.35. The third-order valence-corrected chi connectivity index (χ3v) is 5.38. The largest absolute Gasteiger partial charge is 0.435 e. The number of nitrogens with zero attached hydrogens (tertiary/aromatic N) is 2. The molecular formula is C19H16Cl2FN3O. The topological polar surface area (TPSA) is 47.0 Å². The van der Waals surface area contributed by atoms with Gasteiger partial charge in [-0.1, -0.05) is 29.3 Å². The minimum Gasteiger partial charge on any atom is -0.435 e. The molecule has 4 rings (SSSR count). The number of ether oxygens (including phenoxy) is 1. The Bertz CT molecular complexity index is 961. The molecule has 134 valence electrons. The van der Waals surface area contributed by atoms with Gasteiger partial charge in [-0.2, -0.15) is 0 Å². The molecule has 0 bridgehead atoms. The molecule has 0 radical (unpaired) electrons. The van der Waals surface area contributed by atoms with Crippen molar-refractivity contribution in [3.8, 4) is 11.6 Å². The van der Waals surface area contributed by atoms with Crippen molar-refractivity contribution < 1.29 is 9.13 Å². The first-order valence-corrected chi connectivity index (χ1v) is 9.16. The van der Waals surface area contributed by atoms with Crippen LogP contribution in [0.1, 0.15) is 24.3 Å². The molecule has 0 saturated carbocycles. The molecule has 1 saturated heterocycles. The number of rotatable bonds is 3. The molecule has 3 aromatic rings. The Morgan fingerprint density at radius 1 is 1.15 bits per heavy atom. The van der Waals surface area contributed by atoms with E-state index in [0.717, 1.165) is 36.8 Å². The molecule has 0 spiro atoms. The van der Waals surface area contributed by atoms with Crippen LogP contribution in [0.3, 0.4) is 0 Å². The fraction of sp³-hybridized carbons (Fsp3) is 0.263. The summed E-state index contributed by atoms with van der Waals surface area (Å²) >= 11 is 11.7. The summed E-state index contributed by atoms with van der Waals surface area (Å²) in [5, 5.41) is 4.12. The maximum Gasteiger partial charge on any atom is 0.230 e. The number of hydrogen-bond acceptors (Lipinski definition) is 4. The first kappa shape index (κ1) is 17.5. The second-order valence-electron chi connectivity index (χ2n) is 6.27. The van der Waals surface area contributed by atoms with Crippen LogP contribution in [0.2, 0.25) is 10.0 Å². The smallest absolute Gasteiger partial charge is 0.230 e. The number of aromatic nitrogens is 2. The number of benzene rings is 2. The van der Waals surface area contributed by atoms with Gasteiger partial charge >= 0.3 is 0 Å². The Labute approximate surface area is 160 Å². The first-order valence-electron chi connectivity index (χ1n) is 8.40. The van der Waals surface area contributed by atoms with Crippen molar-refractivity contribution in [2.45, 2.75) is 18.8 Å². The van der Waals surface area contributed by atoms with Crippen LogP contribution in [-0.2, 0) is 0 Å². The van der Waals surface area contributed by atoms with Crippen LogP contribution in [0.5, 0.6) is 11.6 Å². The summed E-state index contributed by atoms with van der Waals surface area (Å²) in [6.07, 6.45) is 3.67. The number of hydrogen-bond donors (Lipinski definition) is 1. The van der Waals surface area contributed by atoms with E-state index >= 15 is 0 Å². The Morgan fingerprint density at radius 3 is 2.85 bits per heavy atom. The van der Waals surface area contributed by atoms with Crippen molar-refractivity contribution >= 4 is 34.1 Å². The molecule has 1 fully saturated rings. The number of halogens is 3. The van der Waals surface area contributed by atoms with E-state index in [1.807, 2.05) is 12.1 Å². The van der Waals surface area contributed by atoms with Crippen molar-refractivity contribution in [1.82, 2.24) is 15.3 Å². The molecule has 0 unspecified atom stereocenters. The summed E-state index contributed by atoms with van der Waals surface area (Å²) in [4.78, 5) is 8.47. The average molecular weight is 392 g/mol. The third-order valence-electron chi connectivity index (χ3n) is 4.60. The molecular weight excluding hydrogens is 376 g/mol. The summed E-state index contributed by atoms with van der Waals surface area (Å²) in [6, 6.07) is 8.98. The third kappa shape index (κ3) is 3.34. The molecule has 1 aliphatic rings. The van der Waals surface area contributed by atoms with Gasteiger partial charge in [-0.05, 0) is 55.1 Å². The second-order valence-corrected chi connectivity index (χ2v) is 7.06. The predicted octanol–water partition coefficient (Wildman–Crippen LogP) is 5.34. The van der Waals surface area contributed by atoms with E-state index in [1.165, 1.54) is 24.0 Å². The molecule has 2 aromatic carbocycles. The Kier molecular flexibility index (Phi) is 4.94. The summed E-state index contributed by atoms with van der Waals surface area (Å²) in [5.41, 5.74) is 1.93. The molecule has 4 nitrogen and oxygen atoms in total. The molecule has 1 aromatic heterocycles. The van der Waals surface area contributed by atoms with Crippen LogP contribution in [0.4, 0.5) is 4.39 Å². The number of fused-ring (bicyclic) bond motifs is 1. The zero-order valence-corrected chi connectivity index (χ0v) is 15.3. The normalized spacial score (nSPS) is 17.4. The van der Waals surface area contributed by atoms with Gasteiger partial charge in [0, 0.05) is 6.54 Å². The molecule has 1 N–H and O–H groups in total. The van der Waals surface area contributed by atoms with E-state index in [-0.39, 0.29) is 21.7 Å². The van der Waals surface area contributed by atoms with E-state index in [0.29, 0.717) is 5.92 Å². The SMILES string of the molecule is Fc1c(Oc2ncnc3ccc([C@@H]4CCCNC4)cc23)ccc(Cl)c1Cl. The number of nitrogens with one attached hydrogen (secondary N) is 1. The molecule has 7 heteroatoms. The summed E-state index contributed by atoms with van der Waals surface area (Å²) in [6.45, 7) is 2.00.